The van der Waals surface area contributed by atoms with Crippen LogP contribution in [0.25, 0.3) is 0 Å². The lowest BCUT2D eigenvalue weighted by molar-refractivity contribution is -0.357. The molecule has 0 aromatic rings. The summed E-state index contributed by atoms with van der Waals surface area (Å²) in [6, 6.07) is 0. The second-order valence-corrected chi connectivity index (χ2v) is 6.30. The zero-order valence-corrected chi connectivity index (χ0v) is 12.1. The molecule has 1 saturated heterocycles. The Hall–Kier alpha value is -0.200. The molecule has 0 bridgehead atoms. The molecule has 1 heterocycles. The zero-order chi connectivity index (χ0) is 14.4. The van der Waals surface area contributed by atoms with E-state index >= 15 is 0 Å². The van der Waals surface area contributed by atoms with E-state index in [1.807, 2.05) is 0 Å². The first-order chi connectivity index (χ1) is 7.98. The molecule has 0 aliphatic carbocycles. The Morgan fingerprint density at radius 1 is 1.11 bits per heavy atom. The summed E-state index contributed by atoms with van der Waals surface area (Å²) in [5, 5.41) is 30.9. The van der Waals surface area contributed by atoms with Crippen LogP contribution in [-0.4, -0.2) is 58.6 Å². The second kappa shape index (κ2) is 4.42. The molecule has 5 heteroatoms. The summed E-state index contributed by atoms with van der Waals surface area (Å²) in [4.78, 5) is 0. The van der Waals surface area contributed by atoms with Crippen LogP contribution >= 0.6 is 0 Å². The van der Waals surface area contributed by atoms with E-state index in [9.17, 15) is 15.3 Å². The zero-order valence-electron chi connectivity index (χ0n) is 12.1. The molecular formula is C13H26O5. The van der Waals surface area contributed by atoms with Gasteiger partial charge < -0.3 is 24.8 Å². The molecule has 0 aromatic heterocycles. The molecule has 0 spiro atoms. The summed E-state index contributed by atoms with van der Waals surface area (Å²) in [6.45, 7) is 8.35. The number of hydrogen-bond acceptors (Lipinski definition) is 5. The average molecular weight is 262 g/mol. The minimum atomic E-state index is -1.35. The van der Waals surface area contributed by atoms with Gasteiger partial charge in [-0.1, -0.05) is 13.8 Å². The molecule has 18 heavy (non-hydrogen) atoms. The molecular weight excluding hydrogens is 236 g/mol. The van der Waals surface area contributed by atoms with Crippen LogP contribution in [-0.2, 0) is 9.47 Å². The van der Waals surface area contributed by atoms with Crippen LogP contribution in [0.3, 0.4) is 0 Å². The van der Waals surface area contributed by atoms with Crippen LogP contribution < -0.4 is 0 Å². The van der Waals surface area contributed by atoms with Gasteiger partial charge in [-0.25, -0.2) is 0 Å². The third-order valence-electron chi connectivity index (χ3n) is 5.13. The number of aliphatic hydroxyl groups is 3. The van der Waals surface area contributed by atoms with Crippen LogP contribution in [0.4, 0.5) is 0 Å². The Morgan fingerprint density at radius 2 is 1.61 bits per heavy atom. The number of aliphatic hydroxyl groups excluding tert-OH is 1. The molecule has 0 saturated carbocycles. The Balaban J connectivity index is 3.31. The molecule has 1 aliphatic rings. The van der Waals surface area contributed by atoms with Crippen molar-refractivity contribution in [3.05, 3.63) is 0 Å². The van der Waals surface area contributed by atoms with Crippen molar-refractivity contribution in [1.29, 1.82) is 0 Å². The fraction of sp³-hybridized carbons (Fsp3) is 1.00. The molecule has 3 N–H and O–H groups in total. The lowest BCUT2D eigenvalue weighted by Gasteiger charge is -2.63. The van der Waals surface area contributed by atoms with Crippen LogP contribution in [0, 0.1) is 5.41 Å². The normalized spacial score (nSPS) is 48.2. The summed E-state index contributed by atoms with van der Waals surface area (Å²) in [7, 11) is 1.53. The van der Waals surface area contributed by atoms with Crippen LogP contribution in [0.15, 0.2) is 0 Å². The van der Waals surface area contributed by atoms with Crippen molar-refractivity contribution in [3.8, 4) is 0 Å². The number of ether oxygens (including phenoxy) is 2. The number of methoxy groups -OCH3 is 1. The summed E-state index contributed by atoms with van der Waals surface area (Å²) in [6.07, 6.45) is -0.770. The fourth-order valence-electron chi connectivity index (χ4n) is 2.76. The van der Waals surface area contributed by atoms with E-state index in [0.717, 1.165) is 0 Å². The van der Waals surface area contributed by atoms with Crippen LogP contribution in [0.2, 0.25) is 0 Å². The van der Waals surface area contributed by atoms with Gasteiger partial charge in [0.1, 0.15) is 17.3 Å². The quantitative estimate of drug-likeness (QED) is 0.682. The van der Waals surface area contributed by atoms with E-state index in [1.165, 1.54) is 7.11 Å². The maximum atomic E-state index is 10.9. The summed E-state index contributed by atoms with van der Waals surface area (Å²) in [5.74, 6) is 0. The summed E-state index contributed by atoms with van der Waals surface area (Å²) < 4.78 is 10.9. The predicted molar refractivity (Wildman–Crippen MR) is 67.3 cm³/mol. The minimum Gasteiger partial charge on any atom is -0.394 e. The van der Waals surface area contributed by atoms with Crippen molar-refractivity contribution in [2.24, 2.45) is 5.41 Å². The van der Waals surface area contributed by atoms with E-state index in [1.54, 1.807) is 34.6 Å². The molecule has 0 aromatic carbocycles. The second-order valence-electron chi connectivity index (χ2n) is 6.30. The molecule has 4 atom stereocenters. The molecule has 1 fully saturated rings. The minimum absolute atomic E-state index is 0.177. The third-order valence-corrected chi connectivity index (χ3v) is 5.13. The van der Waals surface area contributed by atoms with Gasteiger partial charge in [0.25, 0.3) is 0 Å². The van der Waals surface area contributed by atoms with Gasteiger partial charge in [0.2, 0.25) is 0 Å². The van der Waals surface area contributed by atoms with E-state index in [-0.39, 0.29) is 13.2 Å². The van der Waals surface area contributed by atoms with E-state index in [4.69, 9.17) is 9.47 Å². The monoisotopic (exact) mass is 262 g/mol. The highest BCUT2D eigenvalue weighted by Gasteiger charge is 2.67. The van der Waals surface area contributed by atoms with Gasteiger partial charge in [-0.3, -0.25) is 0 Å². The van der Waals surface area contributed by atoms with Crippen molar-refractivity contribution in [2.45, 2.75) is 57.5 Å². The van der Waals surface area contributed by atoms with Gasteiger partial charge in [0, 0.05) is 12.5 Å². The standard InChI is InChI=1S/C13H26O5/c1-10(2)12(4,15)9(7-14)18-11(3,8-17-6)13(10,5)16/h9,14-16H,7-8H2,1-6H3. The third kappa shape index (κ3) is 1.80. The Morgan fingerprint density at radius 3 is 2.00 bits per heavy atom. The van der Waals surface area contributed by atoms with Crippen molar-refractivity contribution in [3.63, 3.8) is 0 Å². The molecule has 1 aliphatic heterocycles. The molecule has 4 unspecified atom stereocenters. The Labute approximate surface area is 109 Å². The highest BCUT2D eigenvalue weighted by Crippen LogP contribution is 2.54. The van der Waals surface area contributed by atoms with Gasteiger partial charge in [-0.05, 0) is 20.8 Å². The van der Waals surface area contributed by atoms with Crippen molar-refractivity contribution < 1.29 is 24.8 Å². The van der Waals surface area contributed by atoms with Gasteiger partial charge in [0.05, 0.1) is 18.8 Å². The SMILES string of the molecule is COCC1(C)OC(CO)C(C)(O)C(C)(C)C1(C)O. The molecule has 1 rings (SSSR count). The summed E-state index contributed by atoms with van der Waals surface area (Å²) >= 11 is 0. The highest BCUT2D eigenvalue weighted by atomic mass is 16.6. The van der Waals surface area contributed by atoms with Crippen molar-refractivity contribution in [1.82, 2.24) is 0 Å². The van der Waals surface area contributed by atoms with Crippen molar-refractivity contribution >= 4 is 0 Å². The van der Waals surface area contributed by atoms with E-state index in [2.05, 4.69) is 0 Å². The first kappa shape index (κ1) is 15.9. The average Bonchev–Trinajstić information content (AvgIpc) is 2.23. The van der Waals surface area contributed by atoms with E-state index in [0.29, 0.717) is 0 Å². The first-order valence-electron chi connectivity index (χ1n) is 6.20. The lowest BCUT2D eigenvalue weighted by Crippen LogP contribution is -2.77. The first-order valence-corrected chi connectivity index (χ1v) is 6.20. The Bertz CT molecular complexity index is 305. The number of rotatable bonds is 3. The van der Waals surface area contributed by atoms with Crippen molar-refractivity contribution in [2.75, 3.05) is 20.3 Å². The maximum Gasteiger partial charge on any atom is 0.118 e. The van der Waals surface area contributed by atoms with Crippen LogP contribution in [0.5, 0.6) is 0 Å². The largest absolute Gasteiger partial charge is 0.394 e. The smallest absolute Gasteiger partial charge is 0.118 e. The van der Waals surface area contributed by atoms with Gasteiger partial charge in [-0.15, -0.1) is 0 Å². The molecule has 108 valence electrons. The predicted octanol–water partition coefficient (Wildman–Crippen LogP) is 0.311. The summed E-state index contributed by atoms with van der Waals surface area (Å²) in [5.41, 5.74) is -4.54. The van der Waals surface area contributed by atoms with Gasteiger partial charge in [0.15, 0.2) is 0 Å². The lowest BCUT2D eigenvalue weighted by atomic mass is 9.56. The fourth-order valence-corrected chi connectivity index (χ4v) is 2.76. The van der Waals surface area contributed by atoms with E-state index < -0.39 is 28.3 Å². The van der Waals surface area contributed by atoms with Crippen LogP contribution in [0.1, 0.15) is 34.6 Å². The Kier molecular flexibility index (Phi) is 3.89. The molecule has 0 radical (unpaired) electrons. The molecule has 5 nitrogen and oxygen atoms in total. The highest BCUT2D eigenvalue weighted by molar-refractivity contribution is 5.16. The topological polar surface area (TPSA) is 79.2 Å². The van der Waals surface area contributed by atoms with Gasteiger partial charge in [-0.2, -0.15) is 0 Å². The maximum absolute atomic E-state index is 10.9. The molecule has 0 amide bonds. The van der Waals surface area contributed by atoms with Gasteiger partial charge >= 0.3 is 0 Å². The number of hydrogen-bond donors (Lipinski definition) is 3.